The molecule has 1 aromatic rings. The molecule has 2 nitrogen and oxygen atoms in total. The molecule has 0 saturated carbocycles. The largest absolute Gasteiger partial charge is 0.495 e. The van der Waals surface area contributed by atoms with Crippen LogP contribution in [-0.4, -0.2) is 13.7 Å². The molecule has 0 fully saturated rings. The minimum absolute atomic E-state index is 0.908. The predicted molar refractivity (Wildman–Crippen MR) is 51.8 cm³/mol. The van der Waals surface area contributed by atoms with Gasteiger partial charge in [-0.1, -0.05) is 19.1 Å². The lowest BCUT2D eigenvalue weighted by atomic mass is 10.3. The molecule has 0 aromatic heterocycles. The lowest BCUT2D eigenvalue weighted by molar-refractivity contribution is 0.416. The molecule has 0 saturated heterocycles. The average Bonchev–Trinajstić information content (AvgIpc) is 2.15. The van der Waals surface area contributed by atoms with Crippen molar-refractivity contribution < 1.29 is 4.74 Å². The van der Waals surface area contributed by atoms with Crippen LogP contribution in [0.25, 0.3) is 0 Å². The molecule has 0 aliphatic heterocycles. The Morgan fingerprint density at radius 1 is 1.33 bits per heavy atom. The van der Waals surface area contributed by atoms with Gasteiger partial charge in [-0.05, 0) is 18.6 Å². The molecule has 0 aliphatic carbocycles. The van der Waals surface area contributed by atoms with Crippen molar-refractivity contribution in [1.82, 2.24) is 0 Å². The summed E-state index contributed by atoms with van der Waals surface area (Å²) in [5.41, 5.74) is 1.07. The monoisotopic (exact) mass is 165 g/mol. The van der Waals surface area contributed by atoms with E-state index in [0.29, 0.717) is 0 Å². The van der Waals surface area contributed by atoms with Gasteiger partial charge in [0.05, 0.1) is 12.8 Å². The highest BCUT2D eigenvalue weighted by Crippen LogP contribution is 2.22. The number of nitrogens with one attached hydrogen (secondary N) is 1. The van der Waals surface area contributed by atoms with Crippen LogP contribution in [-0.2, 0) is 0 Å². The van der Waals surface area contributed by atoms with Crippen molar-refractivity contribution in [2.75, 3.05) is 19.0 Å². The molecule has 0 amide bonds. The van der Waals surface area contributed by atoms with Crippen molar-refractivity contribution in [3.05, 3.63) is 24.3 Å². The summed E-state index contributed by atoms with van der Waals surface area (Å²) in [6.07, 6.45) is 1.12. The second kappa shape index (κ2) is 4.65. The summed E-state index contributed by atoms with van der Waals surface area (Å²) < 4.78 is 5.18. The Morgan fingerprint density at radius 3 is 2.75 bits per heavy atom. The smallest absolute Gasteiger partial charge is 0.141 e. The molecular weight excluding hydrogens is 150 g/mol. The molecule has 1 rings (SSSR count). The van der Waals surface area contributed by atoms with Crippen molar-refractivity contribution in [2.45, 2.75) is 13.3 Å². The van der Waals surface area contributed by atoms with Gasteiger partial charge in [-0.3, -0.25) is 0 Å². The van der Waals surface area contributed by atoms with E-state index in [9.17, 15) is 0 Å². The third-order valence-electron chi connectivity index (χ3n) is 1.67. The van der Waals surface area contributed by atoms with E-state index < -0.39 is 0 Å². The van der Waals surface area contributed by atoms with Gasteiger partial charge in [0.2, 0.25) is 0 Å². The zero-order valence-corrected chi connectivity index (χ0v) is 7.63. The number of anilines is 1. The fourth-order valence-corrected chi connectivity index (χ4v) is 1.05. The van der Waals surface area contributed by atoms with Crippen LogP contribution >= 0.6 is 0 Å². The van der Waals surface area contributed by atoms with Crippen LogP contribution in [0.1, 0.15) is 13.3 Å². The number of para-hydroxylation sites is 2. The lowest BCUT2D eigenvalue weighted by Crippen LogP contribution is -2.01. The van der Waals surface area contributed by atoms with Gasteiger partial charge in [0.1, 0.15) is 5.75 Å². The first kappa shape index (κ1) is 8.91. The number of benzene rings is 1. The van der Waals surface area contributed by atoms with E-state index in [1.54, 1.807) is 7.11 Å². The minimum atomic E-state index is 0.908. The Kier molecular flexibility index (Phi) is 3.45. The molecule has 2 heteroatoms. The van der Waals surface area contributed by atoms with Crippen molar-refractivity contribution in [3.8, 4) is 5.75 Å². The quantitative estimate of drug-likeness (QED) is 0.740. The van der Waals surface area contributed by atoms with E-state index in [4.69, 9.17) is 4.74 Å². The third-order valence-corrected chi connectivity index (χ3v) is 1.67. The Hall–Kier alpha value is -1.18. The third kappa shape index (κ3) is 2.16. The summed E-state index contributed by atoms with van der Waals surface area (Å²) in [6, 6.07) is 7.95. The molecule has 0 unspecified atom stereocenters. The van der Waals surface area contributed by atoms with Crippen LogP contribution in [0.3, 0.4) is 0 Å². The fraction of sp³-hybridized carbons (Fsp3) is 0.400. The summed E-state index contributed by atoms with van der Waals surface area (Å²) in [6.45, 7) is 3.13. The highest BCUT2D eigenvalue weighted by atomic mass is 16.5. The van der Waals surface area contributed by atoms with E-state index in [1.165, 1.54) is 0 Å². The number of ether oxygens (including phenoxy) is 1. The normalized spacial score (nSPS) is 9.50. The van der Waals surface area contributed by atoms with Gasteiger partial charge in [0, 0.05) is 6.54 Å². The zero-order chi connectivity index (χ0) is 8.81. The summed E-state index contributed by atoms with van der Waals surface area (Å²) in [4.78, 5) is 0. The highest BCUT2D eigenvalue weighted by Gasteiger charge is 1.97. The van der Waals surface area contributed by atoms with Crippen LogP contribution in [0.5, 0.6) is 5.75 Å². The van der Waals surface area contributed by atoms with E-state index in [-0.39, 0.29) is 0 Å². The van der Waals surface area contributed by atoms with Crippen LogP contribution < -0.4 is 10.1 Å². The van der Waals surface area contributed by atoms with Crippen LogP contribution in [0.4, 0.5) is 5.69 Å². The first-order valence-corrected chi connectivity index (χ1v) is 4.25. The Balaban J connectivity index is 2.68. The van der Waals surface area contributed by atoms with E-state index in [0.717, 1.165) is 24.4 Å². The molecule has 12 heavy (non-hydrogen) atoms. The Labute approximate surface area is 73.6 Å². The average molecular weight is 165 g/mol. The number of hydrogen-bond donors (Lipinski definition) is 1. The first-order valence-electron chi connectivity index (χ1n) is 4.25. The van der Waals surface area contributed by atoms with Gasteiger partial charge in [-0.25, -0.2) is 0 Å². The predicted octanol–water partition coefficient (Wildman–Crippen LogP) is 2.52. The molecule has 0 bridgehead atoms. The van der Waals surface area contributed by atoms with Crippen molar-refractivity contribution in [1.29, 1.82) is 0 Å². The molecule has 0 spiro atoms. The molecule has 66 valence electrons. The highest BCUT2D eigenvalue weighted by molar-refractivity contribution is 5.55. The van der Waals surface area contributed by atoms with Crippen molar-refractivity contribution in [2.24, 2.45) is 0 Å². The maximum absolute atomic E-state index is 5.18. The maximum atomic E-state index is 5.18. The minimum Gasteiger partial charge on any atom is -0.495 e. The molecule has 0 heterocycles. The Morgan fingerprint density at radius 2 is 2.08 bits per heavy atom. The number of hydrogen-bond acceptors (Lipinski definition) is 2. The van der Waals surface area contributed by atoms with E-state index in [2.05, 4.69) is 12.2 Å². The Bertz CT molecular complexity index is 235. The number of rotatable bonds is 4. The van der Waals surface area contributed by atoms with Crippen LogP contribution in [0.15, 0.2) is 24.3 Å². The first-order chi connectivity index (χ1) is 5.88. The topological polar surface area (TPSA) is 21.3 Å². The SMILES string of the molecule is CCCNc1ccccc1OC. The van der Waals surface area contributed by atoms with Gasteiger partial charge in [-0.15, -0.1) is 0 Å². The van der Waals surface area contributed by atoms with Crippen LogP contribution in [0.2, 0.25) is 0 Å². The van der Waals surface area contributed by atoms with Gasteiger partial charge in [0.25, 0.3) is 0 Å². The van der Waals surface area contributed by atoms with E-state index >= 15 is 0 Å². The summed E-state index contributed by atoms with van der Waals surface area (Å²) in [7, 11) is 1.69. The fourth-order valence-electron chi connectivity index (χ4n) is 1.05. The van der Waals surface area contributed by atoms with Gasteiger partial charge in [0.15, 0.2) is 0 Å². The maximum Gasteiger partial charge on any atom is 0.141 e. The second-order valence-electron chi connectivity index (χ2n) is 2.63. The molecule has 0 radical (unpaired) electrons. The van der Waals surface area contributed by atoms with Crippen LogP contribution in [0, 0.1) is 0 Å². The standard InChI is InChI=1S/C10H15NO/c1-3-8-11-9-6-4-5-7-10(9)12-2/h4-7,11H,3,8H2,1-2H3. The van der Waals surface area contributed by atoms with Gasteiger partial charge in [-0.2, -0.15) is 0 Å². The van der Waals surface area contributed by atoms with E-state index in [1.807, 2.05) is 24.3 Å². The summed E-state index contributed by atoms with van der Waals surface area (Å²) >= 11 is 0. The molecule has 1 aromatic carbocycles. The second-order valence-corrected chi connectivity index (χ2v) is 2.63. The molecule has 0 aliphatic rings. The zero-order valence-electron chi connectivity index (χ0n) is 7.63. The van der Waals surface area contributed by atoms with Gasteiger partial charge >= 0.3 is 0 Å². The van der Waals surface area contributed by atoms with Crippen molar-refractivity contribution in [3.63, 3.8) is 0 Å². The van der Waals surface area contributed by atoms with Gasteiger partial charge < -0.3 is 10.1 Å². The molecule has 1 N–H and O–H groups in total. The molecular formula is C10H15NO. The molecule has 0 atom stereocenters. The van der Waals surface area contributed by atoms with Crippen molar-refractivity contribution >= 4 is 5.69 Å². The summed E-state index contributed by atoms with van der Waals surface area (Å²) in [5.74, 6) is 0.908. The summed E-state index contributed by atoms with van der Waals surface area (Å²) in [5, 5.41) is 3.29. The lowest BCUT2D eigenvalue weighted by Gasteiger charge is -2.09. The number of methoxy groups -OCH3 is 1.